The molecule has 3 atom stereocenters. The minimum atomic E-state index is -0.653. The van der Waals surface area contributed by atoms with Crippen LogP contribution in [0, 0.1) is 11.7 Å². The second kappa shape index (κ2) is 5.04. The maximum Gasteiger partial charge on any atom is 0.129 e. The molecule has 0 bridgehead atoms. The van der Waals surface area contributed by atoms with E-state index in [9.17, 15) is 9.50 Å². The van der Waals surface area contributed by atoms with E-state index in [4.69, 9.17) is 11.6 Å². The van der Waals surface area contributed by atoms with Crippen LogP contribution in [0.1, 0.15) is 43.7 Å². The first-order valence-corrected chi connectivity index (χ1v) is 7.39. The summed E-state index contributed by atoms with van der Waals surface area (Å²) in [5.41, 5.74) is -0.131. The Labute approximate surface area is 118 Å². The lowest BCUT2D eigenvalue weighted by atomic mass is 9.67. The molecular formula is C15H19ClFNO. The summed E-state index contributed by atoms with van der Waals surface area (Å²) >= 11 is 6.18. The van der Waals surface area contributed by atoms with E-state index in [1.807, 2.05) is 0 Å². The van der Waals surface area contributed by atoms with Crippen molar-refractivity contribution in [2.45, 2.75) is 43.7 Å². The third-order valence-corrected chi connectivity index (χ3v) is 5.03. The molecule has 3 rings (SSSR count). The smallest absolute Gasteiger partial charge is 0.129 e. The van der Waals surface area contributed by atoms with Gasteiger partial charge in [0.2, 0.25) is 0 Å². The van der Waals surface area contributed by atoms with Crippen molar-refractivity contribution < 1.29 is 9.50 Å². The van der Waals surface area contributed by atoms with Crippen LogP contribution in [0.3, 0.4) is 0 Å². The summed E-state index contributed by atoms with van der Waals surface area (Å²) in [5, 5.41) is 14.6. The molecule has 1 aliphatic carbocycles. The lowest BCUT2D eigenvalue weighted by Gasteiger charge is -2.48. The highest BCUT2D eigenvalue weighted by molar-refractivity contribution is 6.31. The van der Waals surface area contributed by atoms with Gasteiger partial charge in [0.1, 0.15) is 5.82 Å². The Kier molecular flexibility index (Phi) is 3.54. The van der Waals surface area contributed by atoms with Gasteiger partial charge in [0.15, 0.2) is 0 Å². The Morgan fingerprint density at radius 1 is 1.32 bits per heavy atom. The first-order valence-electron chi connectivity index (χ1n) is 7.01. The first-order chi connectivity index (χ1) is 9.12. The van der Waals surface area contributed by atoms with Crippen LogP contribution in [0.5, 0.6) is 0 Å². The zero-order valence-electron chi connectivity index (χ0n) is 10.8. The third kappa shape index (κ3) is 2.28. The minimum absolute atomic E-state index is 0.0596. The lowest BCUT2D eigenvalue weighted by Crippen LogP contribution is -2.53. The van der Waals surface area contributed by atoms with Crippen LogP contribution in [0.2, 0.25) is 5.02 Å². The Balaban J connectivity index is 1.99. The van der Waals surface area contributed by atoms with Gasteiger partial charge in [-0.1, -0.05) is 30.5 Å². The highest BCUT2D eigenvalue weighted by Gasteiger charge is 2.46. The molecule has 0 amide bonds. The van der Waals surface area contributed by atoms with E-state index in [1.165, 1.54) is 6.07 Å². The molecule has 4 heteroatoms. The molecule has 0 aromatic heterocycles. The molecule has 1 aromatic rings. The summed E-state index contributed by atoms with van der Waals surface area (Å²) in [6, 6.07) is 4.61. The second-order valence-electron chi connectivity index (χ2n) is 5.77. The van der Waals surface area contributed by atoms with Gasteiger partial charge >= 0.3 is 0 Å². The number of hydrogen-bond acceptors (Lipinski definition) is 2. The summed E-state index contributed by atoms with van der Waals surface area (Å²) < 4.78 is 14.1. The van der Waals surface area contributed by atoms with E-state index in [2.05, 4.69) is 5.32 Å². The number of halogens is 2. The fourth-order valence-corrected chi connectivity index (χ4v) is 4.01. The summed E-state index contributed by atoms with van der Waals surface area (Å²) in [6.45, 7) is 0.711. The Hall–Kier alpha value is -0.640. The Morgan fingerprint density at radius 3 is 2.95 bits per heavy atom. The molecule has 1 saturated carbocycles. The molecule has 1 heterocycles. The monoisotopic (exact) mass is 283 g/mol. The fourth-order valence-electron chi connectivity index (χ4n) is 3.73. The van der Waals surface area contributed by atoms with Crippen LogP contribution in [-0.2, 0) is 0 Å². The summed E-state index contributed by atoms with van der Waals surface area (Å²) in [4.78, 5) is 0. The zero-order chi connectivity index (χ0) is 13.5. The van der Waals surface area contributed by atoms with E-state index in [-0.39, 0.29) is 17.8 Å². The number of hydrogen-bond donors (Lipinski definition) is 2. The van der Waals surface area contributed by atoms with Gasteiger partial charge in [-0.3, -0.25) is 0 Å². The second-order valence-corrected chi connectivity index (χ2v) is 6.18. The molecule has 2 fully saturated rings. The summed E-state index contributed by atoms with van der Waals surface area (Å²) in [7, 11) is 0. The van der Waals surface area contributed by atoms with Gasteiger partial charge in [0, 0.05) is 22.5 Å². The number of aliphatic hydroxyl groups is 1. The number of benzene rings is 1. The maximum absolute atomic E-state index is 14.1. The predicted octanol–water partition coefficient (Wildman–Crippen LogP) is 3.43. The molecule has 2 N–H and O–H groups in total. The molecule has 1 aromatic carbocycles. The summed E-state index contributed by atoms with van der Waals surface area (Å²) in [6.07, 6.45) is 4.66. The molecule has 1 aliphatic heterocycles. The van der Waals surface area contributed by atoms with Crippen molar-refractivity contribution in [2.75, 3.05) is 6.54 Å². The van der Waals surface area contributed by atoms with Gasteiger partial charge in [-0.15, -0.1) is 0 Å². The Bertz CT molecular complexity index is 457. The third-order valence-electron chi connectivity index (χ3n) is 4.70. The molecule has 0 radical (unpaired) electrons. The van der Waals surface area contributed by atoms with E-state index < -0.39 is 5.60 Å². The number of nitrogens with one attached hydrogen (secondary N) is 1. The standard InChI is InChI=1S/C15H19ClFNO/c16-11-5-3-6-12(17)13(11)14-10-4-1-2-7-15(10,19)8-9-18-14/h3,5-6,10,14,18-19H,1-2,4,7-9H2/t10-,14+,15+/m1/s1. The van der Waals surface area contributed by atoms with Gasteiger partial charge in [-0.25, -0.2) is 4.39 Å². The summed E-state index contributed by atoms with van der Waals surface area (Å²) in [5.74, 6) is -0.218. The van der Waals surface area contributed by atoms with Gasteiger partial charge in [-0.05, 0) is 37.9 Å². The lowest BCUT2D eigenvalue weighted by molar-refractivity contribution is -0.0865. The van der Waals surface area contributed by atoms with Crippen molar-refractivity contribution in [3.63, 3.8) is 0 Å². The molecule has 1 saturated heterocycles. The average Bonchev–Trinajstić information content (AvgIpc) is 2.38. The van der Waals surface area contributed by atoms with E-state index in [0.717, 1.165) is 32.1 Å². The van der Waals surface area contributed by atoms with Gasteiger partial charge in [0.25, 0.3) is 0 Å². The van der Waals surface area contributed by atoms with Crippen molar-refractivity contribution in [3.8, 4) is 0 Å². The topological polar surface area (TPSA) is 32.3 Å². The van der Waals surface area contributed by atoms with Crippen molar-refractivity contribution in [3.05, 3.63) is 34.6 Å². The molecule has 0 unspecified atom stereocenters. The average molecular weight is 284 g/mol. The van der Waals surface area contributed by atoms with Crippen molar-refractivity contribution in [1.82, 2.24) is 5.32 Å². The van der Waals surface area contributed by atoms with Crippen LogP contribution in [-0.4, -0.2) is 17.3 Å². The first kappa shape index (κ1) is 13.3. The van der Waals surface area contributed by atoms with Gasteiger partial charge < -0.3 is 10.4 Å². The molecule has 2 aliphatic rings. The van der Waals surface area contributed by atoms with E-state index in [0.29, 0.717) is 17.1 Å². The van der Waals surface area contributed by atoms with Gasteiger partial charge in [-0.2, -0.15) is 0 Å². The molecule has 2 nitrogen and oxygen atoms in total. The molecular weight excluding hydrogens is 265 g/mol. The Morgan fingerprint density at radius 2 is 2.16 bits per heavy atom. The van der Waals surface area contributed by atoms with E-state index in [1.54, 1.807) is 12.1 Å². The largest absolute Gasteiger partial charge is 0.389 e. The molecule has 19 heavy (non-hydrogen) atoms. The quantitative estimate of drug-likeness (QED) is 0.827. The highest BCUT2D eigenvalue weighted by atomic mass is 35.5. The predicted molar refractivity (Wildman–Crippen MR) is 73.7 cm³/mol. The van der Waals surface area contributed by atoms with Crippen LogP contribution in [0.4, 0.5) is 4.39 Å². The molecule has 0 spiro atoms. The zero-order valence-corrected chi connectivity index (χ0v) is 11.6. The van der Waals surface area contributed by atoms with Gasteiger partial charge in [0.05, 0.1) is 5.60 Å². The number of piperidine rings is 1. The SMILES string of the molecule is O[C@]12CCCC[C@@H]1[C@@H](c1c(F)cccc1Cl)NCC2. The minimum Gasteiger partial charge on any atom is -0.389 e. The number of fused-ring (bicyclic) bond motifs is 1. The highest BCUT2D eigenvalue weighted by Crippen LogP contribution is 2.47. The molecule has 104 valence electrons. The normalized spacial score (nSPS) is 34.9. The number of rotatable bonds is 1. The van der Waals surface area contributed by atoms with Crippen molar-refractivity contribution in [2.24, 2.45) is 5.92 Å². The van der Waals surface area contributed by atoms with Crippen molar-refractivity contribution in [1.29, 1.82) is 0 Å². The van der Waals surface area contributed by atoms with Crippen LogP contribution in [0.15, 0.2) is 18.2 Å². The van der Waals surface area contributed by atoms with Crippen LogP contribution in [0.25, 0.3) is 0 Å². The van der Waals surface area contributed by atoms with E-state index >= 15 is 0 Å². The van der Waals surface area contributed by atoms with Crippen molar-refractivity contribution >= 4 is 11.6 Å². The van der Waals surface area contributed by atoms with Crippen LogP contribution < -0.4 is 5.32 Å². The van der Waals surface area contributed by atoms with Crippen LogP contribution >= 0.6 is 11.6 Å². The maximum atomic E-state index is 14.1. The fraction of sp³-hybridized carbons (Fsp3) is 0.600.